The van der Waals surface area contributed by atoms with Crippen molar-refractivity contribution in [1.82, 2.24) is 0 Å². The molecule has 0 aromatic heterocycles. The summed E-state index contributed by atoms with van der Waals surface area (Å²) >= 11 is 0. The molecule has 0 aliphatic carbocycles. The van der Waals surface area contributed by atoms with E-state index in [1.54, 1.807) is 0 Å². The molecule has 2 rings (SSSR count). The third kappa shape index (κ3) is 3.69. The van der Waals surface area contributed by atoms with E-state index >= 15 is 0 Å². The van der Waals surface area contributed by atoms with E-state index in [4.69, 9.17) is 21.4 Å². The highest BCUT2D eigenvalue weighted by Gasteiger charge is 2.24. The lowest BCUT2D eigenvalue weighted by Gasteiger charge is -2.09. The number of hydrogen-bond acceptors (Lipinski definition) is 5. The molecule has 0 bridgehead atoms. The van der Waals surface area contributed by atoms with Crippen molar-refractivity contribution in [3.8, 4) is 0 Å². The van der Waals surface area contributed by atoms with Crippen molar-refractivity contribution in [3.05, 3.63) is 48.5 Å². The van der Waals surface area contributed by atoms with E-state index in [-0.39, 0.29) is 19.6 Å². The van der Waals surface area contributed by atoms with Gasteiger partial charge in [0.05, 0.1) is 30.4 Å². The Morgan fingerprint density at radius 1 is 0.682 bits per heavy atom. The first kappa shape index (κ1) is 17.4. The summed E-state index contributed by atoms with van der Waals surface area (Å²) in [5, 5.41) is 0. The van der Waals surface area contributed by atoms with Crippen molar-refractivity contribution in [2.75, 3.05) is 0 Å². The smallest absolute Gasteiger partial charge is 0.249 e. The van der Waals surface area contributed by atoms with Crippen LogP contribution in [-0.4, -0.2) is 21.0 Å². The molecule has 0 atom stereocenters. The first-order chi connectivity index (χ1) is 10.1. The van der Waals surface area contributed by atoms with Crippen LogP contribution in [0.15, 0.2) is 68.1 Å². The van der Waals surface area contributed by atoms with Gasteiger partial charge in [-0.05, 0) is 24.3 Å². The molecule has 0 N–H and O–H groups in total. The zero-order chi connectivity index (χ0) is 16.5. The van der Waals surface area contributed by atoms with Crippen LogP contribution in [0.4, 0.5) is 0 Å². The van der Waals surface area contributed by atoms with Crippen LogP contribution < -0.4 is 0 Å². The van der Waals surface area contributed by atoms with Gasteiger partial charge in [0.15, 0.2) is 0 Å². The van der Waals surface area contributed by atoms with Gasteiger partial charge in [0.25, 0.3) is 18.1 Å². The SMILES string of the molecule is O=S(c1ccccc1S(=O)(=O)Cl)c1ccccc1S(=O)(=O)Cl. The molecule has 118 valence electrons. The third-order valence-electron chi connectivity index (χ3n) is 2.62. The Labute approximate surface area is 139 Å². The molecule has 0 aliphatic rings. The second-order valence-corrected chi connectivity index (χ2v) is 10.5. The lowest BCUT2D eigenvalue weighted by atomic mass is 10.4. The Kier molecular flexibility index (Phi) is 4.98. The van der Waals surface area contributed by atoms with E-state index in [1.807, 2.05) is 0 Å². The molecule has 2 aromatic carbocycles. The lowest BCUT2D eigenvalue weighted by Crippen LogP contribution is -2.05. The van der Waals surface area contributed by atoms with Gasteiger partial charge in [-0.3, -0.25) is 0 Å². The predicted molar refractivity (Wildman–Crippen MR) is 83.6 cm³/mol. The predicted octanol–water partition coefficient (Wildman–Crippen LogP) is 2.71. The van der Waals surface area contributed by atoms with E-state index in [9.17, 15) is 21.0 Å². The fraction of sp³-hybridized carbons (Fsp3) is 0. The van der Waals surface area contributed by atoms with E-state index in [0.717, 1.165) is 0 Å². The van der Waals surface area contributed by atoms with Gasteiger partial charge in [0, 0.05) is 21.4 Å². The molecule has 0 unspecified atom stereocenters. The van der Waals surface area contributed by atoms with Crippen molar-refractivity contribution in [2.45, 2.75) is 19.6 Å². The number of hydrogen-bond donors (Lipinski definition) is 0. The quantitative estimate of drug-likeness (QED) is 0.738. The van der Waals surface area contributed by atoms with Gasteiger partial charge in [-0.1, -0.05) is 24.3 Å². The average molecular weight is 399 g/mol. The highest BCUT2D eigenvalue weighted by Crippen LogP contribution is 2.30. The Morgan fingerprint density at radius 3 is 1.32 bits per heavy atom. The van der Waals surface area contributed by atoms with Crippen LogP contribution in [0, 0.1) is 0 Å². The molecule has 22 heavy (non-hydrogen) atoms. The maximum atomic E-state index is 12.6. The normalized spacial score (nSPS) is 12.5. The van der Waals surface area contributed by atoms with E-state index in [2.05, 4.69) is 0 Å². The fourth-order valence-electron chi connectivity index (χ4n) is 1.73. The monoisotopic (exact) mass is 398 g/mol. The zero-order valence-electron chi connectivity index (χ0n) is 10.6. The van der Waals surface area contributed by atoms with Gasteiger partial charge in [-0.25, -0.2) is 21.0 Å². The van der Waals surface area contributed by atoms with Crippen LogP contribution >= 0.6 is 21.4 Å². The van der Waals surface area contributed by atoms with E-state index in [0.29, 0.717) is 0 Å². The van der Waals surface area contributed by atoms with Gasteiger partial charge in [-0.15, -0.1) is 0 Å². The summed E-state index contributed by atoms with van der Waals surface area (Å²) in [4.78, 5) is -0.941. The third-order valence-corrected chi connectivity index (χ3v) is 7.15. The van der Waals surface area contributed by atoms with Gasteiger partial charge in [0.2, 0.25) is 0 Å². The van der Waals surface area contributed by atoms with Crippen LogP contribution in [0.25, 0.3) is 0 Å². The summed E-state index contributed by atoms with van der Waals surface area (Å²) in [6.45, 7) is 0. The molecule has 0 spiro atoms. The number of halogens is 2. The highest BCUT2D eigenvalue weighted by atomic mass is 35.7. The average Bonchev–Trinajstić information content (AvgIpc) is 2.45. The van der Waals surface area contributed by atoms with Crippen LogP contribution in [0.2, 0.25) is 0 Å². The van der Waals surface area contributed by atoms with Crippen LogP contribution in [-0.2, 0) is 28.9 Å². The summed E-state index contributed by atoms with van der Waals surface area (Å²) < 4.78 is 58.9. The molecule has 0 radical (unpaired) electrons. The Hall–Kier alpha value is -0.930. The Balaban J connectivity index is 2.71. The minimum Gasteiger partial charge on any atom is -0.249 e. The van der Waals surface area contributed by atoms with Crippen LogP contribution in [0.5, 0.6) is 0 Å². The second-order valence-electron chi connectivity index (χ2n) is 4.04. The largest absolute Gasteiger partial charge is 0.262 e. The molecular weight excluding hydrogens is 391 g/mol. The minimum atomic E-state index is -4.14. The van der Waals surface area contributed by atoms with Gasteiger partial charge < -0.3 is 0 Å². The highest BCUT2D eigenvalue weighted by molar-refractivity contribution is 8.14. The molecule has 0 amide bonds. The first-order valence-corrected chi connectivity index (χ1v) is 11.4. The van der Waals surface area contributed by atoms with E-state index in [1.165, 1.54) is 48.5 Å². The Bertz CT molecular complexity index is 875. The Morgan fingerprint density at radius 2 is 1.00 bits per heavy atom. The van der Waals surface area contributed by atoms with Gasteiger partial charge in [0.1, 0.15) is 0 Å². The van der Waals surface area contributed by atoms with Crippen LogP contribution in [0.3, 0.4) is 0 Å². The summed E-state index contributed by atoms with van der Waals surface area (Å²) in [6.07, 6.45) is 0. The van der Waals surface area contributed by atoms with Crippen molar-refractivity contribution in [3.63, 3.8) is 0 Å². The minimum absolute atomic E-state index is 0.120. The molecule has 0 saturated heterocycles. The van der Waals surface area contributed by atoms with Crippen molar-refractivity contribution >= 4 is 50.3 Å². The molecule has 10 heteroatoms. The molecule has 0 heterocycles. The van der Waals surface area contributed by atoms with E-state index < -0.39 is 28.9 Å². The molecule has 5 nitrogen and oxygen atoms in total. The standard InChI is InChI=1S/C12H8Cl2O5S3/c13-21(16,17)11-7-3-1-5-9(11)20(15)10-6-2-4-8-12(10)22(14,18)19/h1-8H. The maximum absolute atomic E-state index is 12.6. The zero-order valence-corrected chi connectivity index (χ0v) is 14.6. The number of benzene rings is 2. The van der Waals surface area contributed by atoms with Gasteiger partial charge >= 0.3 is 0 Å². The van der Waals surface area contributed by atoms with Crippen molar-refractivity contribution in [2.24, 2.45) is 0 Å². The molecule has 0 saturated carbocycles. The fourth-order valence-corrected chi connectivity index (χ4v) is 6.16. The molecule has 0 fully saturated rings. The second kappa shape index (κ2) is 6.29. The van der Waals surface area contributed by atoms with Gasteiger partial charge in [-0.2, -0.15) is 0 Å². The molecule has 2 aromatic rings. The molecular formula is C12H8Cl2O5S3. The maximum Gasteiger partial charge on any atom is 0.262 e. The topological polar surface area (TPSA) is 85.3 Å². The van der Waals surface area contributed by atoms with Crippen molar-refractivity contribution in [1.29, 1.82) is 0 Å². The summed E-state index contributed by atoms with van der Waals surface area (Å²) in [6, 6.07) is 10.7. The molecule has 0 aliphatic heterocycles. The summed E-state index contributed by atoms with van der Waals surface area (Å²) in [5.74, 6) is 0. The number of rotatable bonds is 4. The van der Waals surface area contributed by atoms with Crippen molar-refractivity contribution < 1.29 is 21.0 Å². The first-order valence-electron chi connectivity index (χ1n) is 5.61. The lowest BCUT2D eigenvalue weighted by molar-refractivity contribution is 0.606. The van der Waals surface area contributed by atoms with Crippen LogP contribution in [0.1, 0.15) is 0 Å². The summed E-state index contributed by atoms with van der Waals surface area (Å²) in [5.41, 5.74) is 0. The summed E-state index contributed by atoms with van der Waals surface area (Å²) in [7, 11) is 0.271.